The van der Waals surface area contributed by atoms with Gasteiger partial charge in [-0.1, -0.05) is 88.4 Å². The zero-order valence-corrected chi connectivity index (χ0v) is 41.5. The van der Waals surface area contributed by atoms with Gasteiger partial charge in [0.25, 0.3) is 0 Å². The van der Waals surface area contributed by atoms with E-state index in [2.05, 4.69) is 0 Å². The summed E-state index contributed by atoms with van der Waals surface area (Å²) >= 11 is 0. The molecule has 6 atom stereocenters. The van der Waals surface area contributed by atoms with Gasteiger partial charge in [-0.2, -0.15) is 27.0 Å². The van der Waals surface area contributed by atoms with Crippen LogP contribution in [0, 0.1) is 10.8 Å². The lowest BCUT2D eigenvalue weighted by Gasteiger charge is -2.34. The fraction of sp³-hybridized carbons (Fsp3) is 0.609. The lowest BCUT2D eigenvalue weighted by molar-refractivity contribution is -0.147. The van der Waals surface area contributed by atoms with Crippen LogP contribution in [-0.4, -0.2) is 135 Å². The summed E-state index contributed by atoms with van der Waals surface area (Å²) in [5.74, 6) is -2.45. The molecule has 2 unspecified atom stereocenters. The Labute approximate surface area is 408 Å². The largest absolute Gasteiger partial charge is 0.466 e. The highest BCUT2D eigenvalue weighted by Crippen LogP contribution is 2.37. The minimum absolute atomic E-state index is 0.00581. The number of esters is 2. The van der Waals surface area contributed by atoms with Gasteiger partial charge < -0.3 is 30.7 Å². The number of urea groups is 2. The van der Waals surface area contributed by atoms with Crippen LogP contribution in [0.2, 0.25) is 0 Å². The van der Waals surface area contributed by atoms with Crippen LogP contribution in [0.5, 0.6) is 0 Å². The molecule has 0 radical (unpaired) electrons. The zero-order chi connectivity index (χ0) is 51.0. The van der Waals surface area contributed by atoms with Crippen molar-refractivity contribution in [2.75, 3.05) is 26.3 Å². The molecule has 4 bridgehead atoms. The molecule has 0 aliphatic carbocycles. The molecule has 70 heavy (non-hydrogen) atoms. The van der Waals surface area contributed by atoms with Crippen molar-refractivity contribution in [1.29, 1.82) is 0 Å². The van der Waals surface area contributed by atoms with Crippen LogP contribution in [0.15, 0.2) is 60.7 Å². The molecule has 4 heterocycles. The van der Waals surface area contributed by atoms with E-state index in [0.717, 1.165) is 21.3 Å². The van der Waals surface area contributed by atoms with Gasteiger partial charge in [0.15, 0.2) is 0 Å². The van der Waals surface area contributed by atoms with Gasteiger partial charge >= 0.3 is 44.8 Å². The number of hydrogen-bond acceptors (Lipinski definition) is 16. The van der Waals surface area contributed by atoms with Crippen molar-refractivity contribution in [2.45, 2.75) is 141 Å². The number of carbonyl (C=O) groups excluding carboxylic acids is 6. The summed E-state index contributed by atoms with van der Waals surface area (Å²) in [7, 11) is -9.65. The van der Waals surface area contributed by atoms with E-state index in [1.54, 1.807) is 76.2 Å². The Morgan fingerprint density at radius 3 is 1.30 bits per heavy atom. The highest BCUT2D eigenvalue weighted by molar-refractivity contribution is 7.82. The van der Waals surface area contributed by atoms with Crippen LogP contribution in [0.3, 0.4) is 0 Å². The van der Waals surface area contributed by atoms with E-state index < -0.39 is 104 Å². The Bertz CT molecular complexity index is 2260. The van der Waals surface area contributed by atoms with Gasteiger partial charge in [-0.25, -0.2) is 18.0 Å². The smallest absolute Gasteiger partial charge is 0.421 e. The third kappa shape index (κ3) is 14.1. The highest BCUT2D eigenvalue weighted by Gasteiger charge is 2.51. The van der Waals surface area contributed by atoms with Gasteiger partial charge in [-0.05, 0) is 73.3 Å². The lowest BCUT2D eigenvalue weighted by atomic mass is 9.80. The Hall–Kier alpha value is -5.40. The molecule has 24 heteroatoms. The van der Waals surface area contributed by atoms with Gasteiger partial charge in [0, 0.05) is 38.8 Å². The first-order chi connectivity index (χ1) is 32.9. The van der Waals surface area contributed by atoms with E-state index in [0.29, 0.717) is 25.7 Å². The van der Waals surface area contributed by atoms with Crippen LogP contribution in [0.25, 0.3) is 0 Å². The van der Waals surface area contributed by atoms with Crippen LogP contribution in [0.4, 0.5) is 9.59 Å². The number of nitrogens with zero attached hydrogens (tertiary/aromatic N) is 4. The summed E-state index contributed by atoms with van der Waals surface area (Å²) in [5.41, 5.74) is 10.6. The molecule has 22 nitrogen and oxygen atoms in total. The van der Waals surface area contributed by atoms with Crippen LogP contribution in [0.1, 0.15) is 103 Å². The number of hydroxylamine groups is 4. The van der Waals surface area contributed by atoms with Gasteiger partial charge in [0.2, 0.25) is 11.8 Å². The molecule has 4 saturated heterocycles. The van der Waals surface area contributed by atoms with Crippen LogP contribution in [-0.2, 0) is 79.2 Å². The molecule has 0 aromatic heterocycles. The first-order valence-electron chi connectivity index (χ1n) is 23.4. The summed E-state index contributed by atoms with van der Waals surface area (Å²) in [6.45, 7) is 7.02. The number of primary amides is 2. The normalized spacial score (nSPS) is 21.4. The number of carbonyl (C=O) groups is 6. The first kappa shape index (κ1) is 53.9. The van der Waals surface area contributed by atoms with Crippen LogP contribution >= 0.6 is 0 Å². The molecule has 2 aromatic carbocycles. The molecule has 4 fully saturated rings. The number of benzene rings is 2. The summed E-state index contributed by atoms with van der Waals surface area (Å²) in [5, 5.41) is 1.44. The SMILES string of the molecule is CC(C)(CCOC(=O)CCCCC(=O)OCCC(C)(C)C(Cc1ccccc1)OS(=O)(=O)ON1C(=O)N2C[C@H]1CC[C@H]2C(N)=O)C(Cc1ccccc1)OS(=O)(=O)ON1C(=O)N2C[C@H]1CC[C@H]2C(N)=O. The van der Waals surface area contributed by atoms with Crippen molar-refractivity contribution >= 4 is 56.6 Å². The molecule has 2 aromatic rings. The quantitative estimate of drug-likeness (QED) is 0.0955. The fourth-order valence-electron chi connectivity index (χ4n) is 8.97. The molecule has 0 spiro atoms. The Morgan fingerprint density at radius 1 is 0.600 bits per heavy atom. The van der Waals surface area contributed by atoms with Crippen molar-refractivity contribution < 1.29 is 72.0 Å². The number of nitrogens with two attached hydrogens (primary N) is 2. The Balaban J connectivity index is 0.938. The summed E-state index contributed by atoms with van der Waals surface area (Å²) in [6.07, 6.45) is 0.300. The molecule has 4 aliphatic heterocycles. The average molecular weight is 1020 g/mol. The highest BCUT2D eigenvalue weighted by atomic mass is 32.3. The van der Waals surface area contributed by atoms with E-state index >= 15 is 0 Å². The van der Waals surface area contributed by atoms with Gasteiger partial charge in [-0.3, -0.25) is 19.2 Å². The second-order valence-corrected chi connectivity index (χ2v) is 21.8. The van der Waals surface area contributed by atoms with Crippen molar-refractivity contribution in [3.63, 3.8) is 0 Å². The predicted molar refractivity (Wildman–Crippen MR) is 247 cm³/mol. The maximum atomic E-state index is 13.4. The lowest BCUT2D eigenvalue weighted by Crippen LogP contribution is -2.47. The number of unbranched alkanes of at least 4 members (excludes halogenated alkanes) is 1. The summed E-state index contributed by atoms with van der Waals surface area (Å²) in [4.78, 5) is 77.7. The average Bonchev–Trinajstić information content (AvgIpc) is 3.65. The second kappa shape index (κ2) is 22.8. The second-order valence-electron chi connectivity index (χ2n) is 19.5. The number of fused-ring (bicyclic) bond motifs is 4. The maximum absolute atomic E-state index is 13.4. The molecule has 4 N–H and O–H groups in total. The monoisotopic (exact) mass is 1020 g/mol. The van der Waals surface area contributed by atoms with E-state index in [1.807, 2.05) is 12.1 Å². The number of amides is 6. The number of rotatable bonds is 27. The van der Waals surface area contributed by atoms with Gasteiger partial charge in [-0.15, -0.1) is 8.57 Å². The third-order valence-corrected chi connectivity index (χ3v) is 15.0. The maximum Gasteiger partial charge on any atom is 0.421 e. The van der Waals surface area contributed by atoms with Crippen molar-refractivity contribution in [3.8, 4) is 0 Å². The predicted octanol–water partition coefficient (Wildman–Crippen LogP) is 3.58. The zero-order valence-electron chi connectivity index (χ0n) is 39.8. The molecule has 4 aliphatic rings. The molecule has 0 saturated carbocycles. The number of ether oxygens (including phenoxy) is 2. The summed E-state index contributed by atoms with van der Waals surface area (Å²) in [6, 6.07) is 13.4. The molecular weight excluding hydrogens is 957 g/mol. The molecule has 6 amide bonds. The van der Waals surface area contributed by atoms with E-state index in [9.17, 15) is 45.6 Å². The fourth-order valence-corrected chi connectivity index (χ4v) is 11.0. The topological polar surface area (TPSA) is 291 Å². The van der Waals surface area contributed by atoms with Gasteiger partial charge in [0.05, 0.1) is 37.5 Å². The van der Waals surface area contributed by atoms with Crippen molar-refractivity contribution in [1.82, 2.24) is 19.9 Å². The summed E-state index contributed by atoms with van der Waals surface area (Å²) < 4.78 is 86.3. The Morgan fingerprint density at radius 2 is 0.957 bits per heavy atom. The standard InChI is InChI=1S/C46H64N6O16S2/c1-45(2,37(27-31-13-7-5-8-14-31)65-69(59,60)67-51-33-19-21-35(41(47)55)49(29-33)43(51)57)23-25-63-39(53)17-11-12-18-40(54)64-26-24-46(3,4)38(28-32-15-9-6-10-16-32)66-70(61,62)68-52-34-20-22-36(42(48)56)50(30-34)44(52)58/h5-10,13-16,33-38H,11-12,17-30H2,1-4H3,(H2,47,55)(H2,48,56)/t33-,34-,35+,36+,37?,38?/m1/s1. The van der Waals surface area contributed by atoms with E-state index in [-0.39, 0.29) is 77.7 Å². The van der Waals surface area contributed by atoms with Crippen LogP contribution < -0.4 is 11.5 Å². The van der Waals surface area contributed by atoms with E-state index in [4.69, 9.17) is 37.9 Å². The third-order valence-electron chi connectivity index (χ3n) is 13.4. The number of piperidine rings is 2. The van der Waals surface area contributed by atoms with Crippen molar-refractivity contribution in [2.24, 2.45) is 22.3 Å². The molecule has 6 rings (SSSR count). The van der Waals surface area contributed by atoms with Gasteiger partial charge in [0.1, 0.15) is 12.1 Å². The van der Waals surface area contributed by atoms with Crippen molar-refractivity contribution in [3.05, 3.63) is 71.8 Å². The Kier molecular flexibility index (Phi) is 17.6. The number of hydrogen-bond donors (Lipinski definition) is 2. The molecule has 386 valence electrons. The minimum atomic E-state index is -4.82. The molecular formula is C46H64N6O16S2. The van der Waals surface area contributed by atoms with E-state index in [1.165, 1.54) is 9.80 Å². The minimum Gasteiger partial charge on any atom is -0.466 e. The first-order valence-corrected chi connectivity index (χ1v) is 26.0.